The van der Waals surface area contributed by atoms with E-state index in [1.54, 1.807) is 26.0 Å². The number of hydrogen-bond donors (Lipinski definition) is 1. The van der Waals surface area contributed by atoms with Gasteiger partial charge >= 0.3 is 18.2 Å². The molecule has 2 aliphatic heterocycles. The predicted molar refractivity (Wildman–Crippen MR) is 115 cm³/mol. The fraction of sp³-hybridized carbons (Fsp3) is 0.364. The van der Waals surface area contributed by atoms with Crippen LogP contribution in [0, 0.1) is 5.92 Å². The Hall–Kier alpha value is -3.51. The Bertz CT molecular complexity index is 1150. The zero-order chi connectivity index (χ0) is 24.5. The summed E-state index contributed by atoms with van der Waals surface area (Å²) in [6, 6.07) is 6.80. The fourth-order valence-electron chi connectivity index (χ4n) is 3.41. The maximum Gasteiger partial charge on any atom is 0.571 e. The fourth-order valence-corrected chi connectivity index (χ4v) is 3.41. The van der Waals surface area contributed by atoms with Crippen LogP contribution in [-0.4, -0.2) is 49.3 Å². The minimum atomic E-state index is -5.34. The van der Waals surface area contributed by atoms with Gasteiger partial charge in [0.1, 0.15) is 12.4 Å². The molecular formula is C22H22F3N4O5+. The lowest BCUT2D eigenvalue weighted by Crippen LogP contribution is -2.55. The van der Waals surface area contributed by atoms with Gasteiger partial charge in [0.15, 0.2) is 0 Å². The molecule has 0 saturated carbocycles. The molecule has 1 unspecified atom stereocenters. The Kier molecular flexibility index (Phi) is 6.28. The molecule has 34 heavy (non-hydrogen) atoms. The van der Waals surface area contributed by atoms with Gasteiger partial charge in [0.2, 0.25) is 11.5 Å². The second-order valence-corrected chi connectivity index (χ2v) is 8.16. The number of halogens is 3. The van der Waals surface area contributed by atoms with E-state index in [2.05, 4.69) is 20.1 Å². The number of fused-ring (bicyclic) bond motifs is 2. The van der Waals surface area contributed by atoms with E-state index < -0.39 is 22.9 Å². The molecule has 4 rings (SSSR count). The summed E-state index contributed by atoms with van der Waals surface area (Å²) in [6.07, 6.45) is -4.35. The number of amides is 1. The van der Waals surface area contributed by atoms with Crippen LogP contribution in [0.5, 0.6) is 5.75 Å². The maximum absolute atomic E-state index is 13.0. The van der Waals surface area contributed by atoms with Crippen LogP contribution in [0.15, 0.2) is 35.5 Å². The zero-order valence-electron chi connectivity index (χ0n) is 18.4. The van der Waals surface area contributed by atoms with Crippen LogP contribution in [0.4, 0.5) is 29.5 Å². The molecule has 2 aliphatic rings. The number of nitrogens with one attached hydrogen (secondary N) is 1. The minimum absolute atomic E-state index is 0.0695. The second-order valence-electron chi connectivity index (χ2n) is 8.16. The number of benzene rings is 1. The summed E-state index contributed by atoms with van der Waals surface area (Å²) in [7, 11) is 0. The van der Waals surface area contributed by atoms with Crippen LogP contribution in [0.25, 0.3) is 11.1 Å². The van der Waals surface area contributed by atoms with E-state index in [4.69, 9.17) is 9.47 Å². The van der Waals surface area contributed by atoms with Gasteiger partial charge in [-0.05, 0) is 23.6 Å². The molecule has 0 spiro atoms. The summed E-state index contributed by atoms with van der Waals surface area (Å²) in [5, 5.41) is 3.22. The first-order chi connectivity index (χ1) is 16.1. The number of ether oxygens (including phenoxy) is 2. The van der Waals surface area contributed by atoms with Crippen molar-refractivity contribution in [2.75, 3.05) is 19.8 Å². The Morgan fingerprint density at radius 3 is 2.76 bits per heavy atom. The van der Waals surface area contributed by atoms with E-state index in [1.165, 1.54) is 12.3 Å². The van der Waals surface area contributed by atoms with E-state index >= 15 is 0 Å². The molecule has 1 aromatic carbocycles. The van der Waals surface area contributed by atoms with Crippen molar-refractivity contribution in [1.82, 2.24) is 14.9 Å². The van der Waals surface area contributed by atoms with E-state index in [-0.39, 0.29) is 24.0 Å². The van der Waals surface area contributed by atoms with Gasteiger partial charge in [0, 0.05) is 41.1 Å². The molecule has 0 bridgehead atoms. The van der Waals surface area contributed by atoms with Crippen molar-refractivity contribution in [2.45, 2.75) is 26.6 Å². The molecule has 1 aromatic heterocycles. The highest BCUT2D eigenvalue weighted by Gasteiger charge is 2.57. The number of hydroxylamine groups is 2. The normalized spacial score (nSPS) is 19.1. The molecule has 1 amide bonds. The van der Waals surface area contributed by atoms with Gasteiger partial charge in [-0.3, -0.25) is 0 Å². The monoisotopic (exact) mass is 479 g/mol. The van der Waals surface area contributed by atoms with Crippen molar-refractivity contribution in [3.05, 3.63) is 36.0 Å². The van der Waals surface area contributed by atoms with E-state index in [9.17, 15) is 22.8 Å². The largest absolute Gasteiger partial charge is 0.571 e. The molecule has 0 aliphatic carbocycles. The van der Waals surface area contributed by atoms with Gasteiger partial charge < -0.3 is 14.8 Å². The topological polar surface area (TPSA) is 99.1 Å². The van der Waals surface area contributed by atoms with E-state index in [0.29, 0.717) is 36.6 Å². The van der Waals surface area contributed by atoms with Crippen LogP contribution in [-0.2, 0) is 20.9 Å². The molecule has 0 saturated heterocycles. The number of aromatic nitrogens is 1. The summed E-state index contributed by atoms with van der Waals surface area (Å²) in [5.41, 5.74) is 1.85. The van der Waals surface area contributed by atoms with Gasteiger partial charge in [-0.25, -0.2) is 14.6 Å². The lowest BCUT2D eigenvalue weighted by atomic mass is 10.0. The maximum atomic E-state index is 13.0. The van der Waals surface area contributed by atoms with Gasteiger partial charge in [-0.15, -0.1) is 0 Å². The molecule has 0 radical (unpaired) electrons. The van der Waals surface area contributed by atoms with Crippen molar-refractivity contribution < 1.29 is 37.1 Å². The summed E-state index contributed by atoms with van der Waals surface area (Å²) in [6.45, 7) is 5.17. The van der Waals surface area contributed by atoms with Crippen LogP contribution >= 0.6 is 0 Å². The molecule has 0 fully saturated rings. The van der Waals surface area contributed by atoms with Crippen molar-refractivity contribution in [2.24, 2.45) is 10.9 Å². The van der Waals surface area contributed by atoms with Crippen molar-refractivity contribution in [1.29, 1.82) is 0 Å². The first kappa shape index (κ1) is 23.6. The van der Waals surface area contributed by atoms with Gasteiger partial charge in [0.05, 0.1) is 6.61 Å². The highest BCUT2D eigenvalue weighted by atomic mass is 19.4. The van der Waals surface area contributed by atoms with E-state index in [1.807, 2.05) is 6.07 Å². The Morgan fingerprint density at radius 2 is 2.03 bits per heavy atom. The number of aliphatic imine (C=N–C) groups is 1. The number of alkyl halides is 3. The summed E-state index contributed by atoms with van der Waals surface area (Å²) in [5.74, 6) is -2.03. The zero-order valence-corrected chi connectivity index (χ0v) is 18.4. The number of pyridine rings is 1. The number of hydrogen-bond acceptors (Lipinski definition) is 8. The highest BCUT2D eigenvalue weighted by molar-refractivity contribution is 6.05. The Balaban J connectivity index is 1.75. The smallest absolute Gasteiger partial charge is 0.492 e. The van der Waals surface area contributed by atoms with Crippen molar-refractivity contribution in [3.8, 4) is 16.9 Å². The standard InChI is InChI=1S/C22H22F3N4O5/c1-13(2)11-33-21(31)29(34-20(30)22(23,24)25)12-28-19-17(29)8-15(10-27-19)14-3-4-18-16(7-14)9-26-5-6-32-18/h3-4,7-8,10,12-13,26H,5-6,9,11H2,1-2H3/q+1. The molecule has 1 atom stereocenters. The molecular weight excluding hydrogens is 457 g/mol. The molecule has 180 valence electrons. The molecule has 3 heterocycles. The molecule has 12 heteroatoms. The predicted octanol–water partition coefficient (Wildman–Crippen LogP) is 4.02. The second kappa shape index (κ2) is 9.03. The highest BCUT2D eigenvalue weighted by Crippen LogP contribution is 2.41. The first-order valence-electron chi connectivity index (χ1n) is 10.5. The molecule has 1 N–H and O–H groups in total. The summed E-state index contributed by atoms with van der Waals surface area (Å²) in [4.78, 5) is 37.4. The number of carbonyl (C=O) groups excluding carboxylic acids is 2. The number of nitrogens with zero attached hydrogens (tertiary/aromatic N) is 3. The molecule has 2 aromatic rings. The van der Waals surface area contributed by atoms with Crippen LogP contribution < -0.4 is 14.7 Å². The summed E-state index contributed by atoms with van der Waals surface area (Å²) >= 11 is 0. The average molecular weight is 479 g/mol. The third-order valence-electron chi connectivity index (χ3n) is 5.06. The average Bonchev–Trinajstić information content (AvgIpc) is 2.99. The summed E-state index contributed by atoms with van der Waals surface area (Å²) < 4.78 is 48.3. The quantitative estimate of drug-likeness (QED) is 0.664. The number of quaternary nitrogens is 1. The molecule has 9 nitrogen and oxygen atoms in total. The Morgan fingerprint density at radius 1 is 1.24 bits per heavy atom. The number of carbonyl (C=O) groups is 2. The van der Waals surface area contributed by atoms with Crippen LogP contribution in [0.2, 0.25) is 0 Å². The minimum Gasteiger partial charge on any atom is -0.492 e. The van der Waals surface area contributed by atoms with Crippen molar-refractivity contribution >= 4 is 29.9 Å². The van der Waals surface area contributed by atoms with Crippen LogP contribution in [0.3, 0.4) is 0 Å². The third kappa shape index (κ3) is 4.59. The SMILES string of the molecule is CC(C)COC(=O)[N+]1(OC(=O)C(F)(F)F)C=Nc2ncc(-c3ccc4c(c3)CNCCO4)cc21. The lowest BCUT2D eigenvalue weighted by molar-refractivity contribution is -0.218. The Labute approximate surface area is 192 Å². The lowest BCUT2D eigenvalue weighted by Gasteiger charge is -2.24. The van der Waals surface area contributed by atoms with Gasteiger partial charge in [0.25, 0.3) is 6.34 Å². The first-order valence-corrected chi connectivity index (χ1v) is 10.5. The van der Waals surface area contributed by atoms with E-state index in [0.717, 1.165) is 11.9 Å². The van der Waals surface area contributed by atoms with Crippen LogP contribution in [0.1, 0.15) is 19.4 Å². The number of rotatable bonds is 3. The van der Waals surface area contributed by atoms with Gasteiger partial charge in [-0.1, -0.05) is 19.9 Å². The third-order valence-corrected chi connectivity index (χ3v) is 5.06. The van der Waals surface area contributed by atoms with Gasteiger partial charge in [-0.2, -0.15) is 23.0 Å². The van der Waals surface area contributed by atoms with Crippen molar-refractivity contribution in [3.63, 3.8) is 0 Å².